The number of fused-ring (bicyclic) bond motifs is 1. The zero-order valence-corrected chi connectivity index (χ0v) is 10.8. The van der Waals surface area contributed by atoms with Crippen molar-refractivity contribution in [2.45, 2.75) is 15.3 Å². The van der Waals surface area contributed by atoms with Crippen molar-refractivity contribution in [1.29, 1.82) is 0 Å². The molecule has 1 unspecified atom stereocenters. The van der Waals surface area contributed by atoms with Gasteiger partial charge in [0.25, 0.3) is 0 Å². The van der Waals surface area contributed by atoms with E-state index in [1.54, 1.807) is 12.1 Å². The first kappa shape index (κ1) is 11.5. The van der Waals surface area contributed by atoms with E-state index in [0.29, 0.717) is 10.1 Å². The highest BCUT2D eigenvalue weighted by Crippen LogP contribution is 2.43. The van der Waals surface area contributed by atoms with Crippen LogP contribution in [-0.4, -0.2) is 29.4 Å². The van der Waals surface area contributed by atoms with Gasteiger partial charge in [-0.15, -0.1) is 5.10 Å². The molecule has 2 heterocycles. The molecule has 0 aliphatic carbocycles. The Bertz CT molecular complexity index is 695. The number of H-pyrrole nitrogens is 1. The number of hydrogen-bond acceptors (Lipinski definition) is 6. The monoisotopic (exact) mass is 282 g/mol. The molecule has 3 N–H and O–H groups in total. The molecule has 1 aromatic carbocycles. The van der Waals surface area contributed by atoms with Crippen LogP contribution in [0.5, 0.6) is 0 Å². The van der Waals surface area contributed by atoms with Crippen LogP contribution in [0, 0.1) is 0 Å². The second-order valence-corrected chi connectivity index (χ2v) is 7.10. The Kier molecular flexibility index (Phi) is 2.56. The van der Waals surface area contributed by atoms with Crippen molar-refractivity contribution in [3.8, 4) is 0 Å². The Labute approximate surface area is 108 Å². The zero-order valence-electron chi connectivity index (χ0n) is 9.20. The smallest absolute Gasteiger partial charge is 0.216 e. The topological polar surface area (TPSA) is 102 Å². The first-order chi connectivity index (χ1) is 8.56. The highest BCUT2D eigenvalue weighted by atomic mass is 32.2. The summed E-state index contributed by atoms with van der Waals surface area (Å²) in [6.45, 7) is 0. The van der Waals surface area contributed by atoms with Crippen LogP contribution in [-0.2, 0) is 9.84 Å². The molecule has 0 saturated carbocycles. The summed E-state index contributed by atoms with van der Waals surface area (Å²) < 4.78 is 23.9. The Morgan fingerprint density at radius 1 is 1.39 bits per heavy atom. The molecule has 0 radical (unpaired) electrons. The molecule has 0 spiro atoms. The number of nitrogens with zero attached hydrogens (tertiary/aromatic N) is 2. The third-order valence-corrected chi connectivity index (χ3v) is 5.83. The van der Waals surface area contributed by atoms with Crippen molar-refractivity contribution in [1.82, 2.24) is 15.2 Å². The molecular weight excluding hydrogens is 272 g/mol. The molecule has 3 rings (SSSR count). The predicted molar refractivity (Wildman–Crippen MR) is 67.9 cm³/mol. The highest BCUT2D eigenvalue weighted by Gasteiger charge is 2.35. The average Bonchev–Trinajstić information content (AvgIpc) is 2.83. The van der Waals surface area contributed by atoms with Gasteiger partial charge in [-0.3, -0.25) is 0 Å². The SMILES string of the molecule is Nc1nc(SC2CS(=O)(=O)c3ccccc32)n[nH]1. The predicted octanol–water partition coefficient (Wildman–Crippen LogP) is 1.01. The largest absolute Gasteiger partial charge is 0.368 e. The van der Waals surface area contributed by atoms with Crippen LogP contribution in [0.3, 0.4) is 0 Å². The van der Waals surface area contributed by atoms with Crippen LogP contribution < -0.4 is 5.73 Å². The van der Waals surface area contributed by atoms with Gasteiger partial charge in [0.1, 0.15) is 0 Å². The van der Waals surface area contributed by atoms with Crippen LogP contribution >= 0.6 is 11.8 Å². The summed E-state index contributed by atoms with van der Waals surface area (Å²) in [4.78, 5) is 4.38. The summed E-state index contributed by atoms with van der Waals surface area (Å²) in [6.07, 6.45) is 0. The molecule has 18 heavy (non-hydrogen) atoms. The number of nitrogens with one attached hydrogen (secondary N) is 1. The van der Waals surface area contributed by atoms with E-state index in [1.165, 1.54) is 11.8 Å². The maximum Gasteiger partial charge on any atom is 0.216 e. The van der Waals surface area contributed by atoms with E-state index in [1.807, 2.05) is 12.1 Å². The quantitative estimate of drug-likeness (QED) is 0.852. The van der Waals surface area contributed by atoms with Crippen molar-refractivity contribution >= 4 is 27.5 Å². The number of rotatable bonds is 2. The number of anilines is 1. The number of sulfone groups is 1. The van der Waals surface area contributed by atoms with Crippen LogP contribution in [0.2, 0.25) is 0 Å². The fraction of sp³-hybridized carbons (Fsp3) is 0.200. The Balaban J connectivity index is 1.97. The minimum atomic E-state index is -3.19. The molecule has 1 aliphatic rings. The van der Waals surface area contributed by atoms with E-state index in [4.69, 9.17) is 5.73 Å². The molecule has 6 nitrogen and oxygen atoms in total. The van der Waals surface area contributed by atoms with Crippen molar-refractivity contribution in [3.05, 3.63) is 29.8 Å². The Morgan fingerprint density at radius 3 is 2.89 bits per heavy atom. The van der Waals surface area contributed by atoms with Crippen molar-refractivity contribution in [3.63, 3.8) is 0 Å². The molecule has 94 valence electrons. The molecule has 1 aliphatic heterocycles. The highest BCUT2D eigenvalue weighted by molar-refractivity contribution is 8.01. The molecule has 1 atom stereocenters. The number of aromatic nitrogens is 3. The first-order valence-electron chi connectivity index (χ1n) is 5.22. The molecule has 1 aromatic heterocycles. The molecule has 8 heteroatoms. The van der Waals surface area contributed by atoms with Crippen LogP contribution in [0.1, 0.15) is 10.8 Å². The number of nitrogen functional groups attached to an aromatic ring is 1. The van der Waals surface area contributed by atoms with Gasteiger partial charge in [0.05, 0.1) is 15.9 Å². The van der Waals surface area contributed by atoms with E-state index in [9.17, 15) is 8.42 Å². The number of hydrogen-bond donors (Lipinski definition) is 2. The van der Waals surface area contributed by atoms with Crippen LogP contribution in [0.15, 0.2) is 34.3 Å². The fourth-order valence-corrected chi connectivity index (χ4v) is 5.28. The lowest BCUT2D eigenvalue weighted by Crippen LogP contribution is -2.01. The molecule has 0 fully saturated rings. The van der Waals surface area contributed by atoms with Gasteiger partial charge in [0, 0.05) is 0 Å². The second-order valence-electron chi connectivity index (χ2n) is 3.93. The normalized spacial score (nSPS) is 20.8. The van der Waals surface area contributed by atoms with Crippen LogP contribution in [0.4, 0.5) is 5.95 Å². The van der Waals surface area contributed by atoms with E-state index in [2.05, 4.69) is 15.2 Å². The third kappa shape index (κ3) is 1.87. The van der Waals surface area contributed by atoms with Gasteiger partial charge >= 0.3 is 0 Å². The second kappa shape index (κ2) is 3.99. The third-order valence-electron chi connectivity index (χ3n) is 2.70. The summed E-state index contributed by atoms with van der Waals surface area (Å²) in [5, 5.41) is 6.72. The number of nitrogens with two attached hydrogens (primary N) is 1. The van der Waals surface area contributed by atoms with Gasteiger partial charge in [-0.1, -0.05) is 30.0 Å². The maximum atomic E-state index is 12.0. The minimum Gasteiger partial charge on any atom is -0.368 e. The van der Waals surface area contributed by atoms with Crippen molar-refractivity contribution < 1.29 is 8.42 Å². The molecule has 0 bridgehead atoms. The average molecular weight is 282 g/mol. The van der Waals surface area contributed by atoms with Crippen molar-refractivity contribution in [2.24, 2.45) is 0 Å². The first-order valence-corrected chi connectivity index (χ1v) is 7.76. The summed E-state index contributed by atoms with van der Waals surface area (Å²) in [6, 6.07) is 7.03. The summed E-state index contributed by atoms with van der Waals surface area (Å²) >= 11 is 1.30. The Hall–Kier alpha value is -1.54. The van der Waals surface area contributed by atoms with Gasteiger partial charge in [-0.05, 0) is 11.6 Å². The number of benzene rings is 1. The molecule has 2 aromatic rings. The lowest BCUT2D eigenvalue weighted by Gasteiger charge is -2.05. The van der Waals surface area contributed by atoms with Gasteiger partial charge in [0.15, 0.2) is 9.84 Å². The number of aromatic amines is 1. The summed E-state index contributed by atoms with van der Waals surface area (Å²) in [7, 11) is -3.19. The lowest BCUT2D eigenvalue weighted by atomic mass is 10.2. The number of thioether (sulfide) groups is 1. The molecular formula is C10H10N4O2S2. The Morgan fingerprint density at radius 2 is 2.17 bits per heavy atom. The lowest BCUT2D eigenvalue weighted by molar-refractivity contribution is 0.600. The maximum absolute atomic E-state index is 12.0. The van der Waals surface area contributed by atoms with E-state index < -0.39 is 9.84 Å². The van der Waals surface area contributed by atoms with Gasteiger partial charge < -0.3 is 5.73 Å². The fourth-order valence-electron chi connectivity index (χ4n) is 1.94. The van der Waals surface area contributed by atoms with Crippen molar-refractivity contribution in [2.75, 3.05) is 11.5 Å². The van der Waals surface area contributed by atoms with Gasteiger partial charge in [-0.2, -0.15) is 4.98 Å². The minimum absolute atomic E-state index is 0.0749. The van der Waals surface area contributed by atoms with Crippen LogP contribution in [0.25, 0.3) is 0 Å². The molecule has 0 amide bonds. The van der Waals surface area contributed by atoms with E-state index >= 15 is 0 Å². The van der Waals surface area contributed by atoms with E-state index in [-0.39, 0.29) is 17.0 Å². The molecule has 0 saturated heterocycles. The van der Waals surface area contributed by atoms with Gasteiger partial charge in [0.2, 0.25) is 11.1 Å². The summed E-state index contributed by atoms with van der Waals surface area (Å²) in [5.74, 6) is 0.303. The standard InChI is InChI=1S/C10H10N4O2S2/c11-9-12-10(14-13-9)17-7-5-18(15,16)8-4-2-1-3-6(7)8/h1-4,7H,5H2,(H3,11,12,13,14). The van der Waals surface area contributed by atoms with Gasteiger partial charge in [-0.25, -0.2) is 13.5 Å². The van der Waals surface area contributed by atoms with E-state index in [0.717, 1.165) is 5.56 Å². The summed E-state index contributed by atoms with van der Waals surface area (Å²) in [5.41, 5.74) is 6.25. The zero-order chi connectivity index (χ0) is 12.8.